The van der Waals surface area contributed by atoms with Crippen LogP contribution in [0.4, 0.5) is 17.6 Å². The first-order chi connectivity index (χ1) is 18.0. The predicted molar refractivity (Wildman–Crippen MR) is 127 cm³/mol. The van der Waals surface area contributed by atoms with E-state index in [1.165, 1.54) is 6.92 Å². The van der Waals surface area contributed by atoms with E-state index in [-0.39, 0.29) is 41.0 Å². The number of aromatic nitrogens is 1. The summed E-state index contributed by atoms with van der Waals surface area (Å²) >= 11 is 0. The Labute approximate surface area is 215 Å². The van der Waals surface area contributed by atoms with E-state index in [9.17, 15) is 37.2 Å². The molecule has 0 unspecified atom stereocenters. The van der Waals surface area contributed by atoms with Crippen molar-refractivity contribution in [2.45, 2.75) is 57.0 Å². The van der Waals surface area contributed by atoms with Crippen molar-refractivity contribution in [1.82, 2.24) is 20.5 Å². The number of halogens is 4. The van der Waals surface area contributed by atoms with Gasteiger partial charge in [-0.15, -0.1) is 0 Å². The summed E-state index contributed by atoms with van der Waals surface area (Å²) in [4.78, 5) is 42.8. The van der Waals surface area contributed by atoms with Crippen molar-refractivity contribution >= 4 is 28.6 Å². The van der Waals surface area contributed by atoms with E-state index >= 15 is 0 Å². The minimum absolute atomic E-state index is 0.0419. The standard InChI is InChI=1S/C26H27F4N5O3/c1-12-5-18(27)16-7-19(34-21(16)20(12)28)25(38)35-11-14-8-26(29,30)9-17(14)22(35)24(37)33-15(10-31)6-13-3-2-4-32-23(13)36/h5,7,13-15,17,22,34H,2-4,6,8-9,11H2,1H3,(H,32,36)(H,33,37)/t13-,14+,15+,17+,22+/m1/s1. The van der Waals surface area contributed by atoms with Crippen LogP contribution in [0.1, 0.15) is 48.2 Å². The van der Waals surface area contributed by atoms with Crippen molar-refractivity contribution in [3.8, 4) is 6.07 Å². The van der Waals surface area contributed by atoms with Gasteiger partial charge in [0.1, 0.15) is 29.4 Å². The molecule has 2 aromatic rings. The van der Waals surface area contributed by atoms with Crippen molar-refractivity contribution in [1.29, 1.82) is 5.26 Å². The number of H-pyrrole nitrogens is 1. The largest absolute Gasteiger partial charge is 0.356 e. The van der Waals surface area contributed by atoms with Crippen LogP contribution in [0.25, 0.3) is 10.9 Å². The van der Waals surface area contributed by atoms with E-state index in [0.717, 1.165) is 23.5 Å². The number of benzene rings is 1. The number of rotatable bonds is 5. The number of alkyl halides is 2. The van der Waals surface area contributed by atoms with Gasteiger partial charge in [0, 0.05) is 37.2 Å². The lowest BCUT2D eigenvalue weighted by atomic mass is 9.90. The summed E-state index contributed by atoms with van der Waals surface area (Å²) in [6.07, 6.45) is 0.245. The van der Waals surface area contributed by atoms with E-state index in [4.69, 9.17) is 0 Å². The molecule has 0 spiro atoms. The predicted octanol–water partition coefficient (Wildman–Crippen LogP) is 3.17. The highest BCUT2D eigenvalue weighted by molar-refractivity contribution is 6.01. The lowest BCUT2D eigenvalue weighted by molar-refractivity contribution is -0.129. The highest BCUT2D eigenvalue weighted by Crippen LogP contribution is 2.50. The first-order valence-corrected chi connectivity index (χ1v) is 12.6. The van der Waals surface area contributed by atoms with Crippen LogP contribution in [-0.4, -0.2) is 58.7 Å². The molecule has 12 heteroatoms. The number of amides is 3. The van der Waals surface area contributed by atoms with Gasteiger partial charge in [0.25, 0.3) is 5.91 Å². The zero-order valence-electron chi connectivity index (χ0n) is 20.6. The molecule has 38 heavy (non-hydrogen) atoms. The molecular weight excluding hydrogens is 506 g/mol. The molecule has 1 aliphatic carbocycles. The molecule has 0 bridgehead atoms. The maximum atomic E-state index is 14.6. The van der Waals surface area contributed by atoms with Gasteiger partial charge in [-0.25, -0.2) is 17.6 Å². The van der Waals surface area contributed by atoms with Gasteiger partial charge in [-0.3, -0.25) is 14.4 Å². The van der Waals surface area contributed by atoms with E-state index in [1.54, 1.807) is 0 Å². The maximum Gasteiger partial charge on any atom is 0.271 e. The molecule has 2 saturated heterocycles. The molecule has 1 aromatic heterocycles. The van der Waals surface area contributed by atoms with Crippen molar-refractivity contribution in [2.24, 2.45) is 17.8 Å². The highest BCUT2D eigenvalue weighted by Gasteiger charge is 2.58. The topological polar surface area (TPSA) is 118 Å². The second-order valence-electron chi connectivity index (χ2n) is 10.6. The Kier molecular flexibility index (Phi) is 6.57. The minimum Gasteiger partial charge on any atom is -0.356 e. The Hall–Kier alpha value is -3.62. The first-order valence-electron chi connectivity index (χ1n) is 12.6. The van der Waals surface area contributed by atoms with Gasteiger partial charge in [-0.2, -0.15) is 5.26 Å². The molecule has 5 atom stereocenters. The van der Waals surface area contributed by atoms with E-state index in [0.29, 0.717) is 13.0 Å². The normalized spacial score (nSPS) is 27.1. The Balaban J connectivity index is 1.41. The number of carbonyl (C=O) groups is 3. The number of fused-ring (bicyclic) bond motifs is 2. The Morgan fingerprint density at radius 3 is 2.76 bits per heavy atom. The minimum atomic E-state index is -3.00. The van der Waals surface area contributed by atoms with Gasteiger partial charge in [0.05, 0.1) is 11.6 Å². The van der Waals surface area contributed by atoms with Crippen molar-refractivity contribution in [3.05, 3.63) is 35.0 Å². The van der Waals surface area contributed by atoms with Crippen LogP contribution in [0.3, 0.4) is 0 Å². The summed E-state index contributed by atoms with van der Waals surface area (Å²) in [6, 6.07) is 1.74. The Morgan fingerprint density at radius 2 is 2.05 bits per heavy atom. The van der Waals surface area contributed by atoms with Crippen molar-refractivity contribution in [2.75, 3.05) is 13.1 Å². The lowest BCUT2D eigenvalue weighted by Crippen LogP contribution is -2.52. The number of nitrogens with zero attached hydrogens (tertiary/aromatic N) is 2. The fourth-order valence-electron chi connectivity index (χ4n) is 6.20. The maximum absolute atomic E-state index is 14.6. The number of likely N-dealkylation sites (tertiary alicyclic amines) is 1. The molecule has 3 heterocycles. The van der Waals surface area contributed by atoms with Gasteiger partial charge < -0.3 is 20.5 Å². The zero-order chi connectivity index (χ0) is 27.4. The summed E-state index contributed by atoms with van der Waals surface area (Å²) in [6.45, 7) is 1.78. The molecule has 8 nitrogen and oxygen atoms in total. The van der Waals surface area contributed by atoms with Crippen LogP contribution in [-0.2, 0) is 9.59 Å². The van der Waals surface area contributed by atoms with Gasteiger partial charge in [0.2, 0.25) is 17.7 Å². The van der Waals surface area contributed by atoms with Crippen molar-refractivity contribution < 1.29 is 31.9 Å². The average Bonchev–Trinajstić information content (AvgIpc) is 3.53. The third-order valence-corrected chi connectivity index (χ3v) is 8.01. The number of aryl methyl sites for hydroxylation is 1. The number of nitriles is 1. The van der Waals surface area contributed by atoms with Crippen LogP contribution in [0.5, 0.6) is 0 Å². The van der Waals surface area contributed by atoms with Crippen LogP contribution in [0.2, 0.25) is 0 Å². The number of aromatic amines is 1. The summed E-state index contributed by atoms with van der Waals surface area (Å²) < 4.78 is 57.6. The molecule has 3 amide bonds. The molecule has 3 N–H and O–H groups in total. The monoisotopic (exact) mass is 533 g/mol. The van der Waals surface area contributed by atoms with Crippen LogP contribution in [0.15, 0.2) is 12.1 Å². The Bertz CT molecular complexity index is 1350. The third kappa shape index (κ3) is 4.59. The molecule has 2 aliphatic heterocycles. The molecule has 3 fully saturated rings. The average molecular weight is 534 g/mol. The first kappa shape index (κ1) is 26.0. The number of hydrogen-bond donors (Lipinski definition) is 3. The molecule has 3 aliphatic rings. The van der Waals surface area contributed by atoms with Crippen LogP contribution in [0, 0.1) is 47.6 Å². The SMILES string of the molecule is Cc1cc(F)c2cc(C(=O)N3C[C@@H]4CC(F)(F)C[C@@H]4[C@H]3C(=O)N[C@H](C#N)C[C@H]3CCCNC3=O)[nH]c2c1F. The van der Waals surface area contributed by atoms with E-state index in [1.807, 2.05) is 6.07 Å². The fraction of sp³-hybridized carbons (Fsp3) is 0.538. The molecule has 5 rings (SSSR count). The number of hydrogen-bond acceptors (Lipinski definition) is 4. The molecule has 1 aromatic carbocycles. The lowest BCUT2D eigenvalue weighted by Gasteiger charge is -2.29. The third-order valence-electron chi connectivity index (χ3n) is 8.01. The number of nitrogens with one attached hydrogen (secondary N) is 3. The van der Waals surface area contributed by atoms with Gasteiger partial charge in [-0.1, -0.05) is 0 Å². The molecule has 1 saturated carbocycles. The molecule has 0 radical (unpaired) electrons. The summed E-state index contributed by atoms with van der Waals surface area (Å²) in [7, 11) is 0. The quantitative estimate of drug-likeness (QED) is 0.512. The number of piperidine rings is 1. The summed E-state index contributed by atoms with van der Waals surface area (Å²) in [5, 5.41) is 14.8. The van der Waals surface area contributed by atoms with Crippen molar-refractivity contribution in [3.63, 3.8) is 0 Å². The fourth-order valence-corrected chi connectivity index (χ4v) is 6.20. The number of carbonyl (C=O) groups excluding carboxylic acids is 3. The van der Waals surface area contributed by atoms with Gasteiger partial charge in [-0.05, 0) is 55.7 Å². The van der Waals surface area contributed by atoms with Gasteiger partial charge in [0.15, 0.2) is 0 Å². The van der Waals surface area contributed by atoms with Crippen LogP contribution < -0.4 is 10.6 Å². The second kappa shape index (κ2) is 9.60. The smallest absolute Gasteiger partial charge is 0.271 e. The summed E-state index contributed by atoms with van der Waals surface area (Å²) in [5.41, 5.74) is -0.336. The highest BCUT2D eigenvalue weighted by atomic mass is 19.3. The van der Waals surface area contributed by atoms with E-state index < -0.39 is 72.1 Å². The molecule has 202 valence electrons. The zero-order valence-corrected chi connectivity index (χ0v) is 20.6. The van der Waals surface area contributed by atoms with E-state index in [2.05, 4.69) is 15.6 Å². The second-order valence-corrected chi connectivity index (χ2v) is 10.6. The summed E-state index contributed by atoms with van der Waals surface area (Å²) in [5.74, 6) is -8.18. The van der Waals surface area contributed by atoms with Gasteiger partial charge >= 0.3 is 0 Å². The molecular formula is C26H27F4N5O3. The Morgan fingerprint density at radius 1 is 1.29 bits per heavy atom. The van der Waals surface area contributed by atoms with Crippen LogP contribution >= 0.6 is 0 Å².